The summed E-state index contributed by atoms with van der Waals surface area (Å²) in [6.07, 6.45) is 1.59. The van der Waals surface area contributed by atoms with Crippen LogP contribution in [0, 0.1) is 0 Å². The Morgan fingerprint density at radius 3 is 2.67 bits per heavy atom. The fourth-order valence-electron chi connectivity index (χ4n) is 2.10. The lowest BCUT2D eigenvalue weighted by molar-refractivity contribution is -0.903. The lowest BCUT2D eigenvalue weighted by Gasteiger charge is -2.17. The first-order chi connectivity index (χ1) is 10.2. The van der Waals surface area contributed by atoms with E-state index in [1.807, 2.05) is 18.2 Å². The molecule has 1 heterocycles. The third-order valence-corrected chi connectivity index (χ3v) is 3.54. The van der Waals surface area contributed by atoms with Crippen LogP contribution in [0.2, 0.25) is 5.15 Å². The van der Waals surface area contributed by atoms with Gasteiger partial charge in [0.2, 0.25) is 0 Å². The number of carbonyl (C=O) groups is 1. The number of nitrogens with one attached hydrogen (secondary N) is 2. The fraction of sp³-hybridized carbons (Fsp3) is 0.250. The summed E-state index contributed by atoms with van der Waals surface area (Å²) in [6, 6.07) is 13.7. The van der Waals surface area contributed by atoms with Crippen LogP contribution in [0.5, 0.6) is 0 Å². The van der Waals surface area contributed by atoms with E-state index in [4.69, 9.17) is 11.6 Å². The number of amides is 1. The Labute approximate surface area is 129 Å². The number of likely N-dealkylation sites (N-methyl/N-ethyl adjacent to an activating group) is 1. The average molecular weight is 305 g/mol. The fourth-order valence-corrected chi connectivity index (χ4v) is 2.26. The molecule has 0 aliphatic carbocycles. The molecule has 0 fully saturated rings. The SMILES string of the molecule is CC[NH+](CC(=O)Nc1cccnc1Cl)Cc1ccccc1. The minimum absolute atomic E-state index is 0.0577. The van der Waals surface area contributed by atoms with Crippen LogP contribution < -0.4 is 10.2 Å². The summed E-state index contributed by atoms with van der Waals surface area (Å²) < 4.78 is 0. The van der Waals surface area contributed by atoms with E-state index in [-0.39, 0.29) is 5.91 Å². The highest BCUT2D eigenvalue weighted by atomic mass is 35.5. The van der Waals surface area contributed by atoms with Gasteiger partial charge in [-0.05, 0) is 19.1 Å². The summed E-state index contributed by atoms with van der Waals surface area (Å²) >= 11 is 5.94. The van der Waals surface area contributed by atoms with Crippen molar-refractivity contribution in [1.29, 1.82) is 0 Å². The topological polar surface area (TPSA) is 46.4 Å². The van der Waals surface area contributed by atoms with Crippen molar-refractivity contribution in [3.05, 3.63) is 59.4 Å². The molecule has 0 bridgehead atoms. The van der Waals surface area contributed by atoms with Gasteiger partial charge in [0.1, 0.15) is 6.54 Å². The van der Waals surface area contributed by atoms with E-state index in [2.05, 4.69) is 29.4 Å². The van der Waals surface area contributed by atoms with Crippen LogP contribution in [0.25, 0.3) is 0 Å². The first kappa shape index (κ1) is 15.5. The van der Waals surface area contributed by atoms with Gasteiger partial charge < -0.3 is 10.2 Å². The standard InChI is InChI=1S/C16H18ClN3O/c1-2-20(11-13-7-4-3-5-8-13)12-15(21)19-14-9-6-10-18-16(14)17/h3-10H,2,11-12H2,1H3,(H,19,21)/p+1. The second-order valence-corrected chi connectivity index (χ2v) is 5.19. The first-order valence-corrected chi connectivity index (χ1v) is 7.34. The third kappa shape index (κ3) is 4.85. The van der Waals surface area contributed by atoms with Crippen molar-refractivity contribution in [3.8, 4) is 0 Å². The number of carbonyl (C=O) groups excluding carboxylic acids is 1. The van der Waals surface area contributed by atoms with Gasteiger partial charge in [-0.1, -0.05) is 41.9 Å². The number of halogens is 1. The average Bonchev–Trinajstić information content (AvgIpc) is 2.50. The van der Waals surface area contributed by atoms with Gasteiger partial charge in [-0.3, -0.25) is 4.79 Å². The highest BCUT2D eigenvalue weighted by Gasteiger charge is 2.14. The zero-order valence-electron chi connectivity index (χ0n) is 12.0. The first-order valence-electron chi connectivity index (χ1n) is 6.97. The molecule has 2 N–H and O–H groups in total. The van der Waals surface area contributed by atoms with Crippen molar-refractivity contribution in [1.82, 2.24) is 4.98 Å². The maximum absolute atomic E-state index is 12.1. The number of nitrogens with zero attached hydrogens (tertiary/aromatic N) is 1. The number of hydrogen-bond acceptors (Lipinski definition) is 2. The van der Waals surface area contributed by atoms with Crippen LogP contribution in [-0.2, 0) is 11.3 Å². The van der Waals surface area contributed by atoms with Gasteiger partial charge in [0.25, 0.3) is 5.91 Å². The summed E-state index contributed by atoms with van der Waals surface area (Å²) in [5.74, 6) is -0.0577. The van der Waals surface area contributed by atoms with Crippen molar-refractivity contribution in [2.24, 2.45) is 0 Å². The molecule has 0 radical (unpaired) electrons. The Morgan fingerprint density at radius 1 is 1.24 bits per heavy atom. The van der Waals surface area contributed by atoms with Crippen LogP contribution in [0.15, 0.2) is 48.7 Å². The summed E-state index contributed by atoms with van der Waals surface area (Å²) in [6.45, 7) is 4.17. The van der Waals surface area contributed by atoms with Crippen molar-refractivity contribution < 1.29 is 9.69 Å². The van der Waals surface area contributed by atoms with Gasteiger partial charge in [0, 0.05) is 11.8 Å². The minimum atomic E-state index is -0.0577. The Kier molecular flexibility index (Phi) is 5.72. The minimum Gasteiger partial charge on any atom is -0.324 e. The quantitative estimate of drug-likeness (QED) is 0.799. The number of anilines is 1. The summed E-state index contributed by atoms with van der Waals surface area (Å²) in [7, 11) is 0. The van der Waals surface area contributed by atoms with Gasteiger partial charge in [-0.2, -0.15) is 0 Å². The molecule has 110 valence electrons. The number of quaternary nitrogens is 1. The Balaban J connectivity index is 1.92. The number of hydrogen-bond donors (Lipinski definition) is 2. The zero-order valence-corrected chi connectivity index (χ0v) is 12.7. The van der Waals surface area contributed by atoms with E-state index in [9.17, 15) is 4.79 Å². The maximum Gasteiger partial charge on any atom is 0.279 e. The van der Waals surface area contributed by atoms with Gasteiger partial charge in [-0.15, -0.1) is 0 Å². The van der Waals surface area contributed by atoms with Gasteiger partial charge in [0.05, 0.1) is 12.2 Å². The summed E-state index contributed by atoms with van der Waals surface area (Å²) in [5.41, 5.74) is 1.78. The molecule has 1 aromatic heterocycles. The molecule has 0 aliphatic rings. The third-order valence-electron chi connectivity index (χ3n) is 3.24. The molecular weight excluding hydrogens is 286 g/mol. The molecule has 1 amide bonds. The molecule has 0 spiro atoms. The van der Waals surface area contributed by atoms with Crippen LogP contribution in [0.4, 0.5) is 5.69 Å². The van der Waals surface area contributed by atoms with E-state index in [0.717, 1.165) is 13.1 Å². The summed E-state index contributed by atoms with van der Waals surface area (Å²) in [5, 5.41) is 3.12. The van der Waals surface area contributed by atoms with Crippen LogP contribution in [0.3, 0.4) is 0 Å². The number of pyridine rings is 1. The maximum atomic E-state index is 12.1. The highest BCUT2D eigenvalue weighted by Crippen LogP contribution is 2.16. The molecule has 5 heteroatoms. The summed E-state index contributed by atoms with van der Waals surface area (Å²) in [4.78, 5) is 17.2. The van der Waals surface area contributed by atoms with Crippen LogP contribution in [-0.4, -0.2) is 24.0 Å². The molecule has 0 aliphatic heterocycles. The van der Waals surface area contributed by atoms with Crippen molar-refractivity contribution in [2.45, 2.75) is 13.5 Å². The Hall–Kier alpha value is -1.91. The highest BCUT2D eigenvalue weighted by molar-refractivity contribution is 6.32. The number of benzene rings is 1. The molecule has 1 aromatic carbocycles. The van der Waals surface area contributed by atoms with Gasteiger partial charge >= 0.3 is 0 Å². The molecule has 0 saturated carbocycles. The molecular formula is C16H19ClN3O+. The lowest BCUT2D eigenvalue weighted by Crippen LogP contribution is -3.11. The Morgan fingerprint density at radius 2 is 2.00 bits per heavy atom. The van der Waals surface area contributed by atoms with E-state index in [1.54, 1.807) is 18.3 Å². The molecule has 1 atom stereocenters. The Bertz CT molecular complexity index is 589. The van der Waals surface area contributed by atoms with Crippen molar-refractivity contribution >= 4 is 23.2 Å². The van der Waals surface area contributed by atoms with E-state index in [0.29, 0.717) is 17.4 Å². The largest absolute Gasteiger partial charge is 0.324 e. The normalized spacial score (nSPS) is 11.9. The van der Waals surface area contributed by atoms with E-state index >= 15 is 0 Å². The molecule has 1 unspecified atom stereocenters. The monoisotopic (exact) mass is 304 g/mol. The van der Waals surface area contributed by atoms with Crippen LogP contribution in [0.1, 0.15) is 12.5 Å². The van der Waals surface area contributed by atoms with Gasteiger partial charge in [-0.25, -0.2) is 4.98 Å². The lowest BCUT2D eigenvalue weighted by atomic mass is 10.2. The number of rotatable bonds is 6. The van der Waals surface area contributed by atoms with Gasteiger partial charge in [0.15, 0.2) is 11.7 Å². The molecule has 2 rings (SSSR count). The van der Waals surface area contributed by atoms with E-state index < -0.39 is 0 Å². The predicted molar refractivity (Wildman–Crippen MR) is 84.4 cm³/mol. The second-order valence-electron chi connectivity index (χ2n) is 4.83. The predicted octanol–water partition coefficient (Wildman–Crippen LogP) is 1.78. The zero-order chi connectivity index (χ0) is 15.1. The molecule has 21 heavy (non-hydrogen) atoms. The van der Waals surface area contributed by atoms with Crippen molar-refractivity contribution in [3.63, 3.8) is 0 Å². The van der Waals surface area contributed by atoms with Crippen LogP contribution >= 0.6 is 11.6 Å². The molecule has 2 aromatic rings. The van der Waals surface area contributed by atoms with Crippen molar-refractivity contribution in [2.75, 3.05) is 18.4 Å². The molecule has 0 saturated heterocycles. The second kappa shape index (κ2) is 7.76. The van der Waals surface area contributed by atoms with E-state index in [1.165, 1.54) is 10.5 Å². The smallest absolute Gasteiger partial charge is 0.279 e. The number of aromatic nitrogens is 1. The molecule has 4 nitrogen and oxygen atoms in total.